The molecular formula is C23H28N2O4S. The molecule has 1 aliphatic heterocycles. The molecule has 1 heterocycles. The van der Waals surface area contributed by atoms with Gasteiger partial charge in [-0.3, -0.25) is 4.79 Å². The van der Waals surface area contributed by atoms with E-state index in [2.05, 4.69) is 10.2 Å². The highest BCUT2D eigenvalue weighted by atomic mass is 32.1. The van der Waals surface area contributed by atoms with Gasteiger partial charge in [-0.1, -0.05) is 18.3 Å². The number of ether oxygens (including phenoxy) is 3. The number of benzene rings is 2. The Labute approximate surface area is 183 Å². The van der Waals surface area contributed by atoms with Crippen LogP contribution < -0.4 is 14.8 Å². The number of carbonyl (C=O) groups is 1. The summed E-state index contributed by atoms with van der Waals surface area (Å²) in [5.74, 6) is 0.860. The summed E-state index contributed by atoms with van der Waals surface area (Å²) in [5, 5.41) is 2.86. The van der Waals surface area contributed by atoms with Crippen LogP contribution in [0.15, 0.2) is 36.4 Å². The number of amides is 1. The predicted molar refractivity (Wildman–Crippen MR) is 122 cm³/mol. The summed E-state index contributed by atoms with van der Waals surface area (Å²) >= 11 is 5.64. The van der Waals surface area contributed by atoms with Gasteiger partial charge in [0.15, 0.2) is 18.1 Å². The van der Waals surface area contributed by atoms with Crippen LogP contribution in [-0.4, -0.2) is 55.3 Å². The van der Waals surface area contributed by atoms with E-state index in [9.17, 15) is 4.79 Å². The van der Waals surface area contributed by atoms with Crippen LogP contribution >= 0.6 is 12.2 Å². The summed E-state index contributed by atoms with van der Waals surface area (Å²) in [5.41, 5.74) is 3.95. The molecule has 160 valence electrons. The van der Waals surface area contributed by atoms with Gasteiger partial charge in [0.2, 0.25) is 0 Å². The largest absolute Gasteiger partial charge is 0.490 e. The van der Waals surface area contributed by atoms with Crippen molar-refractivity contribution < 1.29 is 19.0 Å². The number of nitrogens with zero attached hydrogens (tertiary/aromatic N) is 1. The fourth-order valence-corrected chi connectivity index (χ4v) is 3.45. The smallest absolute Gasteiger partial charge is 0.262 e. The summed E-state index contributed by atoms with van der Waals surface area (Å²) in [7, 11) is 0. The maximum absolute atomic E-state index is 12.3. The van der Waals surface area contributed by atoms with Crippen molar-refractivity contribution in [2.75, 3.05) is 44.8 Å². The van der Waals surface area contributed by atoms with Crippen LogP contribution in [0.25, 0.3) is 0 Å². The number of nitrogens with one attached hydrogen (secondary N) is 1. The second kappa shape index (κ2) is 10.4. The van der Waals surface area contributed by atoms with Crippen LogP contribution in [-0.2, 0) is 9.53 Å². The third-order valence-corrected chi connectivity index (χ3v) is 5.43. The van der Waals surface area contributed by atoms with Crippen LogP contribution in [0.1, 0.15) is 23.6 Å². The standard InChI is InChI=1S/C23H28N2O4S/c1-4-28-21-14-18(23(30)25-9-11-27-12-10-25)6-8-20(21)29-15-22(26)24-19-7-5-16(2)17(3)13-19/h5-8,13-14H,4,9-12,15H2,1-3H3,(H,24,26). The Bertz CT molecular complexity index is 910. The van der Waals surface area contributed by atoms with Gasteiger partial charge >= 0.3 is 0 Å². The molecule has 2 aromatic rings. The molecule has 1 saturated heterocycles. The fraction of sp³-hybridized carbons (Fsp3) is 0.391. The van der Waals surface area contributed by atoms with Gasteiger partial charge in [0.05, 0.1) is 19.8 Å². The van der Waals surface area contributed by atoms with Crippen molar-refractivity contribution in [2.24, 2.45) is 0 Å². The number of thiocarbonyl (C=S) groups is 1. The minimum Gasteiger partial charge on any atom is -0.490 e. The van der Waals surface area contributed by atoms with E-state index in [1.165, 1.54) is 5.56 Å². The molecule has 7 heteroatoms. The molecule has 1 N–H and O–H groups in total. The molecule has 6 nitrogen and oxygen atoms in total. The fourth-order valence-electron chi connectivity index (χ4n) is 3.14. The molecule has 0 radical (unpaired) electrons. The highest BCUT2D eigenvalue weighted by Crippen LogP contribution is 2.29. The summed E-state index contributed by atoms with van der Waals surface area (Å²) < 4.78 is 16.9. The zero-order valence-corrected chi connectivity index (χ0v) is 18.5. The van der Waals surface area contributed by atoms with Crippen molar-refractivity contribution in [1.29, 1.82) is 0 Å². The Hall–Kier alpha value is -2.64. The normalized spacial score (nSPS) is 13.6. The first-order valence-corrected chi connectivity index (χ1v) is 10.5. The van der Waals surface area contributed by atoms with Gasteiger partial charge in [0, 0.05) is 24.3 Å². The van der Waals surface area contributed by atoms with Crippen LogP contribution in [0.3, 0.4) is 0 Å². The first kappa shape index (κ1) is 22.1. The first-order valence-electron chi connectivity index (χ1n) is 10.1. The Kier molecular flexibility index (Phi) is 7.65. The summed E-state index contributed by atoms with van der Waals surface area (Å²) in [6.45, 7) is 9.23. The molecular weight excluding hydrogens is 400 g/mol. The Morgan fingerprint density at radius 1 is 1.07 bits per heavy atom. The van der Waals surface area contributed by atoms with Crippen LogP contribution in [0.5, 0.6) is 11.5 Å². The molecule has 30 heavy (non-hydrogen) atoms. The molecule has 0 unspecified atom stereocenters. The molecule has 2 aromatic carbocycles. The summed E-state index contributed by atoms with van der Waals surface area (Å²) in [6.07, 6.45) is 0. The van der Waals surface area contributed by atoms with Gasteiger partial charge in [-0.25, -0.2) is 0 Å². The van der Waals surface area contributed by atoms with Crippen molar-refractivity contribution in [3.05, 3.63) is 53.1 Å². The predicted octanol–water partition coefficient (Wildman–Crippen LogP) is 3.73. The number of aryl methyl sites for hydroxylation is 2. The Morgan fingerprint density at radius 2 is 1.83 bits per heavy atom. The molecule has 0 spiro atoms. The van der Waals surface area contributed by atoms with Crippen LogP contribution in [0.4, 0.5) is 5.69 Å². The van der Waals surface area contributed by atoms with Gasteiger partial charge in [-0.05, 0) is 62.2 Å². The Morgan fingerprint density at radius 3 is 2.53 bits per heavy atom. The zero-order valence-electron chi connectivity index (χ0n) is 17.7. The van der Waals surface area contributed by atoms with Crippen molar-refractivity contribution in [3.63, 3.8) is 0 Å². The first-order chi connectivity index (χ1) is 14.5. The number of carbonyl (C=O) groups excluding carboxylic acids is 1. The number of hydrogen-bond donors (Lipinski definition) is 1. The summed E-state index contributed by atoms with van der Waals surface area (Å²) in [6, 6.07) is 11.4. The van der Waals surface area contributed by atoms with Crippen molar-refractivity contribution in [2.45, 2.75) is 20.8 Å². The molecule has 0 bridgehead atoms. The van der Waals surface area contributed by atoms with Crippen LogP contribution in [0.2, 0.25) is 0 Å². The lowest BCUT2D eigenvalue weighted by Crippen LogP contribution is -2.40. The quantitative estimate of drug-likeness (QED) is 0.678. The van der Waals surface area contributed by atoms with E-state index in [1.54, 1.807) is 6.07 Å². The third-order valence-electron chi connectivity index (χ3n) is 4.94. The number of anilines is 1. The average Bonchev–Trinajstić information content (AvgIpc) is 2.75. The van der Waals surface area contributed by atoms with Crippen LogP contribution in [0, 0.1) is 13.8 Å². The van der Waals surface area contributed by atoms with Crippen molar-refractivity contribution in [3.8, 4) is 11.5 Å². The van der Waals surface area contributed by atoms with E-state index in [1.807, 2.05) is 51.1 Å². The third kappa shape index (κ3) is 5.70. The van der Waals surface area contributed by atoms with Crippen molar-refractivity contribution in [1.82, 2.24) is 4.90 Å². The molecule has 3 rings (SSSR count). The van der Waals surface area contributed by atoms with Gasteiger partial charge in [-0.2, -0.15) is 0 Å². The lowest BCUT2D eigenvalue weighted by molar-refractivity contribution is -0.118. The van der Waals surface area contributed by atoms with Gasteiger partial charge in [-0.15, -0.1) is 0 Å². The van der Waals surface area contributed by atoms with E-state index in [-0.39, 0.29) is 12.5 Å². The molecule has 0 saturated carbocycles. The summed E-state index contributed by atoms with van der Waals surface area (Å²) in [4.78, 5) is 15.2. The minimum atomic E-state index is -0.228. The van der Waals surface area contributed by atoms with Gasteiger partial charge in [0.25, 0.3) is 5.91 Å². The van der Waals surface area contributed by atoms with E-state index < -0.39 is 0 Å². The minimum absolute atomic E-state index is 0.111. The topological polar surface area (TPSA) is 60.0 Å². The lowest BCUT2D eigenvalue weighted by atomic mass is 10.1. The van der Waals surface area contributed by atoms with Gasteiger partial charge < -0.3 is 24.4 Å². The Balaban J connectivity index is 1.65. The molecule has 0 atom stereocenters. The van der Waals surface area contributed by atoms with E-state index in [0.29, 0.717) is 31.3 Å². The zero-order chi connectivity index (χ0) is 21.5. The molecule has 1 aliphatic rings. The highest BCUT2D eigenvalue weighted by Gasteiger charge is 2.17. The monoisotopic (exact) mass is 428 g/mol. The molecule has 1 fully saturated rings. The molecule has 0 aliphatic carbocycles. The average molecular weight is 429 g/mol. The number of hydrogen-bond acceptors (Lipinski definition) is 5. The van der Waals surface area contributed by atoms with Crippen molar-refractivity contribution >= 4 is 28.8 Å². The van der Waals surface area contributed by atoms with E-state index in [0.717, 1.165) is 34.9 Å². The maximum atomic E-state index is 12.3. The number of morpholine rings is 1. The molecule has 0 aromatic heterocycles. The number of rotatable bonds is 7. The maximum Gasteiger partial charge on any atom is 0.262 e. The molecule has 1 amide bonds. The van der Waals surface area contributed by atoms with E-state index in [4.69, 9.17) is 26.4 Å². The SMILES string of the molecule is CCOc1cc(C(=S)N2CCOCC2)ccc1OCC(=O)Nc1ccc(C)c(C)c1. The van der Waals surface area contributed by atoms with E-state index >= 15 is 0 Å². The second-order valence-electron chi connectivity index (χ2n) is 7.13. The second-order valence-corrected chi connectivity index (χ2v) is 7.52. The highest BCUT2D eigenvalue weighted by molar-refractivity contribution is 7.80. The van der Waals surface area contributed by atoms with Gasteiger partial charge in [0.1, 0.15) is 4.99 Å². The lowest BCUT2D eigenvalue weighted by Gasteiger charge is -2.29.